The van der Waals surface area contributed by atoms with Crippen LogP contribution in [0.2, 0.25) is 0 Å². The molecule has 0 saturated carbocycles. The van der Waals surface area contributed by atoms with Gasteiger partial charge in [0, 0.05) is 13.1 Å². The molecule has 5 nitrogen and oxygen atoms in total. The van der Waals surface area contributed by atoms with Crippen LogP contribution in [0.5, 0.6) is 0 Å². The van der Waals surface area contributed by atoms with Crippen molar-refractivity contribution in [3.8, 4) is 0 Å². The number of rotatable bonds is 8. The lowest BCUT2D eigenvalue weighted by Gasteiger charge is -2.23. The van der Waals surface area contributed by atoms with E-state index in [0.29, 0.717) is 0 Å². The van der Waals surface area contributed by atoms with E-state index in [1.165, 1.54) is 7.05 Å². The van der Waals surface area contributed by atoms with Crippen LogP contribution in [0.25, 0.3) is 0 Å². The van der Waals surface area contributed by atoms with Gasteiger partial charge in [0.2, 0.25) is 5.91 Å². The lowest BCUT2D eigenvalue weighted by molar-refractivity contribution is -0.118. The van der Waals surface area contributed by atoms with Gasteiger partial charge in [-0.15, -0.1) is 0 Å². The van der Waals surface area contributed by atoms with Crippen molar-refractivity contribution in [2.45, 2.75) is 33.2 Å². The van der Waals surface area contributed by atoms with Crippen LogP contribution in [0.15, 0.2) is 0 Å². The van der Waals surface area contributed by atoms with Crippen LogP contribution in [0.1, 0.15) is 27.2 Å². The van der Waals surface area contributed by atoms with Crippen LogP contribution in [0.3, 0.4) is 0 Å². The second-order valence-corrected chi connectivity index (χ2v) is 6.39. The number of sulfone groups is 1. The van der Waals surface area contributed by atoms with Crippen molar-refractivity contribution in [1.82, 2.24) is 10.6 Å². The third-order valence-corrected chi connectivity index (χ3v) is 4.43. The fraction of sp³-hybridized carbons (Fsp3) is 0.909. The SMILES string of the molecule is CCNC(CS(=O)(=O)CC(=O)NC)C(C)CC. The zero-order valence-corrected chi connectivity index (χ0v) is 11.9. The molecule has 2 unspecified atom stereocenters. The van der Waals surface area contributed by atoms with E-state index >= 15 is 0 Å². The number of carbonyl (C=O) groups is 1. The molecule has 2 atom stereocenters. The molecular formula is C11H24N2O3S. The second kappa shape index (κ2) is 7.66. The third-order valence-electron chi connectivity index (χ3n) is 2.86. The standard InChI is InChI=1S/C11H24N2O3S/c1-5-9(3)10(13-6-2)7-17(15,16)8-11(14)12-4/h9-10,13H,5-8H2,1-4H3,(H,12,14). The van der Waals surface area contributed by atoms with Gasteiger partial charge < -0.3 is 10.6 Å². The summed E-state index contributed by atoms with van der Waals surface area (Å²) in [4.78, 5) is 11.1. The average molecular weight is 264 g/mol. The summed E-state index contributed by atoms with van der Waals surface area (Å²) in [6.45, 7) is 6.72. The summed E-state index contributed by atoms with van der Waals surface area (Å²) >= 11 is 0. The Morgan fingerprint density at radius 2 is 1.88 bits per heavy atom. The topological polar surface area (TPSA) is 75.3 Å². The molecule has 2 N–H and O–H groups in total. The zero-order chi connectivity index (χ0) is 13.5. The highest BCUT2D eigenvalue weighted by atomic mass is 32.2. The molecule has 0 heterocycles. The molecule has 6 heteroatoms. The summed E-state index contributed by atoms with van der Waals surface area (Å²) in [5.74, 6) is -0.593. The number of hydrogen-bond donors (Lipinski definition) is 2. The Kier molecular flexibility index (Phi) is 7.38. The van der Waals surface area contributed by atoms with E-state index in [4.69, 9.17) is 0 Å². The molecule has 0 aliphatic heterocycles. The third kappa shape index (κ3) is 6.63. The van der Waals surface area contributed by atoms with Crippen molar-refractivity contribution in [3.05, 3.63) is 0 Å². The molecule has 102 valence electrons. The summed E-state index contributed by atoms with van der Waals surface area (Å²) in [6.07, 6.45) is 0.910. The van der Waals surface area contributed by atoms with Gasteiger partial charge in [0.15, 0.2) is 9.84 Å². The Hall–Kier alpha value is -0.620. The molecule has 0 bridgehead atoms. The molecule has 0 radical (unpaired) electrons. The molecule has 0 rings (SSSR count). The summed E-state index contributed by atoms with van der Waals surface area (Å²) < 4.78 is 23.6. The van der Waals surface area contributed by atoms with Crippen LogP contribution < -0.4 is 10.6 Å². The van der Waals surface area contributed by atoms with Crippen molar-refractivity contribution in [1.29, 1.82) is 0 Å². The van der Waals surface area contributed by atoms with Gasteiger partial charge in [0.05, 0.1) is 5.75 Å². The van der Waals surface area contributed by atoms with Crippen LogP contribution in [0, 0.1) is 5.92 Å². The van der Waals surface area contributed by atoms with E-state index in [9.17, 15) is 13.2 Å². The molecule has 0 saturated heterocycles. The Morgan fingerprint density at radius 3 is 2.29 bits per heavy atom. The Balaban J connectivity index is 4.57. The Bertz CT molecular complexity index is 328. The summed E-state index contributed by atoms with van der Waals surface area (Å²) in [5, 5.41) is 5.50. The molecule has 17 heavy (non-hydrogen) atoms. The highest BCUT2D eigenvalue weighted by Gasteiger charge is 2.24. The van der Waals surface area contributed by atoms with Gasteiger partial charge in [-0.2, -0.15) is 0 Å². The Labute approximate surface area is 104 Å². The first-order valence-corrected chi connectivity index (χ1v) is 7.82. The van der Waals surface area contributed by atoms with Gasteiger partial charge in [-0.05, 0) is 12.5 Å². The number of amides is 1. The first-order valence-electron chi connectivity index (χ1n) is 6.00. The summed E-state index contributed by atoms with van der Waals surface area (Å²) in [7, 11) is -1.91. The maximum atomic E-state index is 11.8. The quantitative estimate of drug-likeness (QED) is 0.655. The highest BCUT2D eigenvalue weighted by molar-refractivity contribution is 7.92. The van der Waals surface area contributed by atoms with Crippen LogP contribution in [-0.2, 0) is 14.6 Å². The van der Waals surface area contributed by atoms with Crippen molar-refractivity contribution < 1.29 is 13.2 Å². The average Bonchev–Trinajstić information content (AvgIpc) is 2.26. The highest BCUT2D eigenvalue weighted by Crippen LogP contribution is 2.10. The summed E-state index contributed by atoms with van der Waals surface area (Å²) in [5.41, 5.74) is 0. The minimum Gasteiger partial charge on any atom is -0.358 e. The molecule has 0 spiro atoms. The van der Waals surface area contributed by atoms with Gasteiger partial charge >= 0.3 is 0 Å². The Morgan fingerprint density at radius 1 is 1.29 bits per heavy atom. The molecule has 0 aliphatic rings. The predicted octanol–water partition coefficient (Wildman–Crippen LogP) is 0.171. The van der Waals surface area contributed by atoms with Crippen LogP contribution in [-0.4, -0.2) is 45.5 Å². The van der Waals surface area contributed by atoms with Crippen molar-refractivity contribution in [2.75, 3.05) is 25.1 Å². The maximum absolute atomic E-state index is 11.8. The van der Waals surface area contributed by atoms with E-state index in [2.05, 4.69) is 10.6 Å². The van der Waals surface area contributed by atoms with Crippen molar-refractivity contribution >= 4 is 15.7 Å². The number of nitrogens with one attached hydrogen (secondary N) is 2. The van der Waals surface area contributed by atoms with E-state index in [0.717, 1.165) is 13.0 Å². The molecule has 0 fully saturated rings. The normalized spacial score (nSPS) is 15.3. The van der Waals surface area contributed by atoms with Gasteiger partial charge in [-0.25, -0.2) is 8.42 Å². The van der Waals surface area contributed by atoms with E-state index in [1.54, 1.807) is 0 Å². The van der Waals surface area contributed by atoms with Crippen molar-refractivity contribution in [3.63, 3.8) is 0 Å². The van der Waals surface area contributed by atoms with E-state index in [1.807, 2.05) is 20.8 Å². The zero-order valence-electron chi connectivity index (χ0n) is 11.1. The number of hydrogen-bond acceptors (Lipinski definition) is 4. The predicted molar refractivity (Wildman–Crippen MR) is 69.6 cm³/mol. The minimum absolute atomic E-state index is 0.0171. The molecule has 0 aromatic heterocycles. The van der Waals surface area contributed by atoms with Gasteiger partial charge in [0.25, 0.3) is 0 Å². The monoisotopic (exact) mass is 264 g/mol. The fourth-order valence-corrected chi connectivity index (χ4v) is 3.23. The smallest absolute Gasteiger partial charge is 0.234 e. The maximum Gasteiger partial charge on any atom is 0.234 e. The molecule has 0 aromatic carbocycles. The van der Waals surface area contributed by atoms with Gasteiger partial charge in [-0.3, -0.25) is 4.79 Å². The molecule has 0 aromatic rings. The first-order chi connectivity index (χ1) is 7.86. The van der Waals surface area contributed by atoms with Crippen LogP contribution >= 0.6 is 0 Å². The minimum atomic E-state index is -3.34. The molecular weight excluding hydrogens is 240 g/mol. The molecule has 0 aliphatic carbocycles. The van der Waals surface area contributed by atoms with E-state index in [-0.39, 0.29) is 17.7 Å². The lowest BCUT2D eigenvalue weighted by Crippen LogP contribution is -2.42. The fourth-order valence-electron chi connectivity index (χ4n) is 1.58. The van der Waals surface area contributed by atoms with Gasteiger partial charge in [0.1, 0.15) is 5.75 Å². The first kappa shape index (κ1) is 16.4. The van der Waals surface area contributed by atoms with E-state index < -0.39 is 21.5 Å². The molecule has 1 amide bonds. The van der Waals surface area contributed by atoms with Gasteiger partial charge in [-0.1, -0.05) is 27.2 Å². The van der Waals surface area contributed by atoms with Crippen molar-refractivity contribution in [2.24, 2.45) is 5.92 Å². The van der Waals surface area contributed by atoms with Crippen LogP contribution in [0.4, 0.5) is 0 Å². The largest absolute Gasteiger partial charge is 0.358 e. The number of carbonyl (C=O) groups excluding carboxylic acids is 1. The summed E-state index contributed by atoms with van der Waals surface area (Å²) in [6, 6.07) is -0.0837. The second-order valence-electron chi connectivity index (χ2n) is 4.28. The lowest BCUT2D eigenvalue weighted by atomic mass is 10.0.